The predicted molar refractivity (Wildman–Crippen MR) is 70.6 cm³/mol. The van der Waals surface area contributed by atoms with Crippen LogP contribution in [0.1, 0.15) is 66.2 Å². The van der Waals surface area contributed by atoms with Gasteiger partial charge < -0.3 is 0 Å². The second-order valence-electron chi connectivity index (χ2n) is 7.06. The van der Waals surface area contributed by atoms with Crippen LogP contribution in [0.3, 0.4) is 0 Å². The monoisotopic (exact) mass is 223 g/mol. The molecular formula is C15H29N. The Balaban J connectivity index is 2.09. The summed E-state index contributed by atoms with van der Waals surface area (Å²) in [6.07, 6.45) is 8.82. The Morgan fingerprint density at radius 1 is 1.19 bits per heavy atom. The van der Waals surface area contributed by atoms with E-state index in [1.165, 1.54) is 51.6 Å². The van der Waals surface area contributed by atoms with E-state index in [-0.39, 0.29) is 0 Å². The standard InChI is InChI=1S/C15H29N/c1-5-13-8-6-7-9-15(13)10-11-16(12-15)14(2,3)4/h13H,5-12H2,1-4H3. The Bertz CT molecular complexity index is 240. The molecule has 2 aliphatic rings. The van der Waals surface area contributed by atoms with Crippen molar-refractivity contribution in [3.63, 3.8) is 0 Å². The fourth-order valence-corrected chi connectivity index (χ4v) is 4.02. The number of hydrogen-bond donors (Lipinski definition) is 0. The van der Waals surface area contributed by atoms with Crippen molar-refractivity contribution in [2.45, 2.75) is 71.8 Å². The fourth-order valence-electron chi connectivity index (χ4n) is 4.02. The smallest absolute Gasteiger partial charge is 0.0125 e. The summed E-state index contributed by atoms with van der Waals surface area (Å²) in [5.41, 5.74) is 1.07. The minimum Gasteiger partial charge on any atom is -0.298 e. The van der Waals surface area contributed by atoms with E-state index < -0.39 is 0 Å². The second-order valence-corrected chi connectivity index (χ2v) is 7.06. The normalized spacial score (nSPS) is 37.1. The number of likely N-dealkylation sites (tertiary alicyclic amines) is 1. The molecule has 1 nitrogen and oxygen atoms in total. The highest BCUT2D eigenvalue weighted by Gasteiger charge is 2.46. The number of hydrogen-bond acceptors (Lipinski definition) is 1. The molecule has 2 unspecified atom stereocenters. The van der Waals surface area contributed by atoms with E-state index in [0.717, 1.165) is 5.92 Å². The molecule has 1 spiro atoms. The quantitative estimate of drug-likeness (QED) is 0.647. The maximum absolute atomic E-state index is 2.72. The summed E-state index contributed by atoms with van der Waals surface area (Å²) in [5, 5.41) is 0. The van der Waals surface area contributed by atoms with E-state index in [9.17, 15) is 0 Å². The van der Waals surface area contributed by atoms with Crippen LogP contribution < -0.4 is 0 Å². The summed E-state index contributed by atoms with van der Waals surface area (Å²) in [7, 11) is 0. The van der Waals surface area contributed by atoms with Gasteiger partial charge in [-0.3, -0.25) is 4.90 Å². The van der Waals surface area contributed by atoms with Gasteiger partial charge in [-0.25, -0.2) is 0 Å². The Hall–Kier alpha value is -0.0400. The summed E-state index contributed by atoms with van der Waals surface area (Å²) < 4.78 is 0. The molecule has 0 amide bonds. The lowest BCUT2D eigenvalue weighted by molar-refractivity contribution is 0.0746. The molecule has 0 aromatic heterocycles. The molecule has 1 saturated carbocycles. The van der Waals surface area contributed by atoms with Gasteiger partial charge in [0.1, 0.15) is 0 Å². The van der Waals surface area contributed by atoms with Crippen LogP contribution in [0, 0.1) is 11.3 Å². The van der Waals surface area contributed by atoms with Gasteiger partial charge in [-0.05, 0) is 57.9 Å². The molecule has 2 fully saturated rings. The average Bonchev–Trinajstić information content (AvgIpc) is 2.63. The van der Waals surface area contributed by atoms with Crippen molar-refractivity contribution in [2.24, 2.45) is 11.3 Å². The molecule has 0 bridgehead atoms. The molecule has 1 saturated heterocycles. The third kappa shape index (κ3) is 2.16. The zero-order valence-corrected chi connectivity index (χ0v) is 11.7. The first-order valence-electron chi connectivity index (χ1n) is 7.23. The third-order valence-corrected chi connectivity index (χ3v) is 5.17. The first-order valence-corrected chi connectivity index (χ1v) is 7.23. The van der Waals surface area contributed by atoms with Crippen molar-refractivity contribution < 1.29 is 0 Å². The maximum Gasteiger partial charge on any atom is 0.0125 e. The lowest BCUT2D eigenvalue weighted by Gasteiger charge is -2.43. The largest absolute Gasteiger partial charge is 0.298 e. The van der Waals surface area contributed by atoms with Crippen molar-refractivity contribution in [3.05, 3.63) is 0 Å². The lowest BCUT2D eigenvalue weighted by atomic mass is 9.65. The van der Waals surface area contributed by atoms with Crippen LogP contribution in [-0.4, -0.2) is 23.5 Å². The van der Waals surface area contributed by atoms with Gasteiger partial charge in [-0.1, -0.05) is 26.2 Å². The molecule has 0 aromatic carbocycles. The summed E-state index contributed by atoms with van der Waals surface area (Å²) >= 11 is 0. The topological polar surface area (TPSA) is 3.24 Å². The van der Waals surface area contributed by atoms with Crippen LogP contribution in [0.15, 0.2) is 0 Å². The van der Waals surface area contributed by atoms with Gasteiger partial charge in [0.25, 0.3) is 0 Å². The summed E-state index contributed by atoms with van der Waals surface area (Å²) in [6, 6.07) is 0. The van der Waals surface area contributed by atoms with E-state index in [1.807, 2.05) is 0 Å². The molecular weight excluding hydrogens is 194 g/mol. The molecule has 2 rings (SSSR count). The molecule has 1 heterocycles. The highest BCUT2D eigenvalue weighted by atomic mass is 15.2. The van der Waals surface area contributed by atoms with E-state index >= 15 is 0 Å². The first kappa shape index (κ1) is 12.4. The Labute approximate surface area is 102 Å². The van der Waals surface area contributed by atoms with Gasteiger partial charge in [0, 0.05) is 12.1 Å². The van der Waals surface area contributed by atoms with Crippen molar-refractivity contribution >= 4 is 0 Å². The maximum atomic E-state index is 2.72. The highest BCUT2D eigenvalue weighted by molar-refractivity contribution is 4.99. The second kappa shape index (κ2) is 4.33. The van der Waals surface area contributed by atoms with Gasteiger partial charge in [0.2, 0.25) is 0 Å². The van der Waals surface area contributed by atoms with Gasteiger partial charge >= 0.3 is 0 Å². The van der Waals surface area contributed by atoms with Gasteiger partial charge in [-0.2, -0.15) is 0 Å². The summed E-state index contributed by atoms with van der Waals surface area (Å²) in [5.74, 6) is 1.01. The number of nitrogens with zero attached hydrogens (tertiary/aromatic N) is 1. The SMILES string of the molecule is CCC1CCCCC12CCN(C(C)(C)C)C2. The zero-order chi connectivity index (χ0) is 11.8. The summed E-state index contributed by atoms with van der Waals surface area (Å²) in [6.45, 7) is 12.2. The lowest BCUT2D eigenvalue weighted by Crippen LogP contribution is -2.43. The molecule has 0 radical (unpaired) electrons. The number of rotatable bonds is 1. The third-order valence-electron chi connectivity index (χ3n) is 5.17. The highest BCUT2D eigenvalue weighted by Crippen LogP contribution is 2.50. The van der Waals surface area contributed by atoms with Crippen molar-refractivity contribution in [1.29, 1.82) is 0 Å². The Morgan fingerprint density at radius 2 is 1.94 bits per heavy atom. The minimum absolute atomic E-state index is 0.374. The van der Waals surface area contributed by atoms with Crippen molar-refractivity contribution in [1.82, 2.24) is 4.90 Å². The van der Waals surface area contributed by atoms with Crippen LogP contribution in [0.2, 0.25) is 0 Å². The summed E-state index contributed by atoms with van der Waals surface area (Å²) in [4.78, 5) is 2.72. The molecule has 1 aliphatic carbocycles. The van der Waals surface area contributed by atoms with Crippen LogP contribution in [0.25, 0.3) is 0 Å². The predicted octanol–water partition coefficient (Wildman–Crippen LogP) is 4.08. The van der Waals surface area contributed by atoms with Crippen LogP contribution in [0.5, 0.6) is 0 Å². The van der Waals surface area contributed by atoms with Crippen molar-refractivity contribution in [3.8, 4) is 0 Å². The van der Waals surface area contributed by atoms with Crippen LogP contribution >= 0.6 is 0 Å². The first-order chi connectivity index (χ1) is 7.48. The van der Waals surface area contributed by atoms with Crippen LogP contribution in [0.4, 0.5) is 0 Å². The van der Waals surface area contributed by atoms with E-state index in [4.69, 9.17) is 0 Å². The molecule has 0 aromatic rings. The molecule has 1 aliphatic heterocycles. The zero-order valence-electron chi connectivity index (χ0n) is 11.7. The van der Waals surface area contributed by atoms with Gasteiger partial charge in [-0.15, -0.1) is 0 Å². The van der Waals surface area contributed by atoms with E-state index in [0.29, 0.717) is 11.0 Å². The molecule has 16 heavy (non-hydrogen) atoms. The van der Waals surface area contributed by atoms with E-state index in [2.05, 4.69) is 32.6 Å². The molecule has 94 valence electrons. The molecule has 1 heteroatoms. The Kier molecular flexibility index (Phi) is 3.36. The Morgan fingerprint density at radius 3 is 2.50 bits per heavy atom. The minimum atomic E-state index is 0.374. The average molecular weight is 223 g/mol. The van der Waals surface area contributed by atoms with Crippen molar-refractivity contribution in [2.75, 3.05) is 13.1 Å². The fraction of sp³-hybridized carbons (Fsp3) is 1.00. The van der Waals surface area contributed by atoms with Gasteiger partial charge in [0.15, 0.2) is 0 Å². The van der Waals surface area contributed by atoms with Gasteiger partial charge in [0.05, 0.1) is 0 Å². The van der Waals surface area contributed by atoms with Crippen LogP contribution in [-0.2, 0) is 0 Å². The molecule has 2 atom stereocenters. The van der Waals surface area contributed by atoms with E-state index in [1.54, 1.807) is 0 Å². The molecule has 0 N–H and O–H groups in total.